The van der Waals surface area contributed by atoms with Gasteiger partial charge >= 0.3 is 0 Å². The molecule has 1 saturated heterocycles. The molecule has 1 amide bonds. The molecular weight excluding hydrogens is 202 g/mol. The molecule has 0 atom stereocenters. The van der Waals surface area contributed by atoms with Gasteiger partial charge in [0.1, 0.15) is 0 Å². The lowest BCUT2D eigenvalue weighted by Gasteiger charge is -2.29. The molecule has 3 heteroatoms. The molecular formula is C13H25NO2. The maximum atomic E-state index is 12.0. The molecule has 94 valence electrons. The maximum absolute atomic E-state index is 12.0. The van der Waals surface area contributed by atoms with Crippen LogP contribution in [0.5, 0.6) is 0 Å². The SMILES string of the molecule is CCCCN(CCCC)C(=O)CC1COC1. The largest absolute Gasteiger partial charge is 0.381 e. The van der Waals surface area contributed by atoms with Gasteiger partial charge in [0.05, 0.1) is 13.2 Å². The number of unbranched alkanes of at least 4 members (excludes halogenated alkanes) is 2. The molecule has 0 aromatic heterocycles. The molecule has 1 fully saturated rings. The summed E-state index contributed by atoms with van der Waals surface area (Å²) in [7, 11) is 0. The third-order valence-corrected chi connectivity index (χ3v) is 3.09. The highest BCUT2D eigenvalue weighted by atomic mass is 16.5. The fourth-order valence-corrected chi connectivity index (χ4v) is 1.84. The second-order valence-electron chi connectivity index (χ2n) is 4.70. The molecule has 1 aliphatic heterocycles. The first kappa shape index (κ1) is 13.5. The summed E-state index contributed by atoms with van der Waals surface area (Å²) in [5.74, 6) is 0.813. The van der Waals surface area contributed by atoms with Gasteiger partial charge in [-0.1, -0.05) is 26.7 Å². The van der Waals surface area contributed by atoms with Gasteiger partial charge in [0.2, 0.25) is 5.91 Å². The van der Waals surface area contributed by atoms with E-state index in [9.17, 15) is 4.79 Å². The van der Waals surface area contributed by atoms with E-state index in [1.54, 1.807) is 0 Å². The number of carbonyl (C=O) groups is 1. The van der Waals surface area contributed by atoms with E-state index in [1.807, 2.05) is 4.90 Å². The van der Waals surface area contributed by atoms with E-state index in [1.165, 1.54) is 0 Å². The number of rotatable bonds is 8. The number of hydrogen-bond donors (Lipinski definition) is 0. The summed E-state index contributed by atoms with van der Waals surface area (Å²) in [6.07, 6.45) is 5.24. The summed E-state index contributed by atoms with van der Waals surface area (Å²) in [5.41, 5.74) is 0. The molecule has 0 saturated carbocycles. The Hall–Kier alpha value is -0.570. The summed E-state index contributed by atoms with van der Waals surface area (Å²) in [5, 5.41) is 0. The van der Waals surface area contributed by atoms with E-state index in [4.69, 9.17) is 4.74 Å². The predicted octanol–water partition coefficient (Wildman–Crippen LogP) is 2.45. The first-order valence-electron chi connectivity index (χ1n) is 6.63. The minimum atomic E-state index is 0.329. The maximum Gasteiger partial charge on any atom is 0.223 e. The first-order valence-corrected chi connectivity index (χ1v) is 6.63. The number of ether oxygens (including phenoxy) is 1. The van der Waals surface area contributed by atoms with Gasteiger partial charge in [-0.05, 0) is 12.8 Å². The zero-order chi connectivity index (χ0) is 11.8. The molecule has 0 aromatic rings. The smallest absolute Gasteiger partial charge is 0.223 e. The Labute approximate surface area is 99.1 Å². The summed E-state index contributed by atoms with van der Waals surface area (Å²) in [6, 6.07) is 0. The van der Waals surface area contributed by atoms with Crippen LogP contribution in [0.4, 0.5) is 0 Å². The second kappa shape index (κ2) is 7.66. The minimum Gasteiger partial charge on any atom is -0.381 e. The van der Waals surface area contributed by atoms with Gasteiger partial charge in [-0.15, -0.1) is 0 Å². The zero-order valence-electron chi connectivity index (χ0n) is 10.7. The molecule has 1 heterocycles. The molecule has 1 rings (SSSR count). The zero-order valence-corrected chi connectivity index (χ0v) is 10.7. The van der Waals surface area contributed by atoms with E-state index in [-0.39, 0.29) is 0 Å². The molecule has 0 N–H and O–H groups in total. The van der Waals surface area contributed by atoms with Crippen molar-refractivity contribution in [3.05, 3.63) is 0 Å². The van der Waals surface area contributed by atoms with Gasteiger partial charge in [-0.3, -0.25) is 4.79 Å². The molecule has 16 heavy (non-hydrogen) atoms. The highest BCUT2D eigenvalue weighted by Crippen LogP contribution is 2.16. The lowest BCUT2D eigenvalue weighted by Crippen LogP contribution is -2.38. The van der Waals surface area contributed by atoms with Crippen LogP contribution in [-0.4, -0.2) is 37.1 Å². The Bertz CT molecular complexity index is 194. The van der Waals surface area contributed by atoms with Gasteiger partial charge in [0, 0.05) is 25.4 Å². The fraction of sp³-hybridized carbons (Fsp3) is 0.923. The molecule has 0 spiro atoms. The van der Waals surface area contributed by atoms with Crippen LogP contribution in [0.2, 0.25) is 0 Å². The van der Waals surface area contributed by atoms with Crippen LogP contribution in [-0.2, 0) is 9.53 Å². The van der Waals surface area contributed by atoms with Gasteiger partial charge in [0.15, 0.2) is 0 Å². The van der Waals surface area contributed by atoms with Crippen molar-refractivity contribution < 1.29 is 9.53 Å². The van der Waals surface area contributed by atoms with Crippen molar-refractivity contribution >= 4 is 5.91 Å². The van der Waals surface area contributed by atoms with Crippen molar-refractivity contribution in [3.8, 4) is 0 Å². The minimum absolute atomic E-state index is 0.329. The molecule has 0 aliphatic carbocycles. The normalized spacial score (nSPS) is 15.9. The van der Waals surface area contributed by atoms with Crippen LogP contribution < -0.4 is 0 Å². The van der Waals surface area contributed by atoms with Gasteiger partial charge in [-0.2, -0.15) is 0 Å². The standard InChI is InChI=1S/C13H25NO2/c1-3-5-7-14(8-6-4-2)13(15)9-12-10-16-11-12/h12H,3-11H2,1-2H3. The molecule has 0 aromatic carbocycles. The Morgan fingerprint density at radius 2 is 1.75 bits per heavy atom. The molecule has 0 unspecified atom stereocenters. The van der Waals surface area contributed by atoms with Crippen LogP contribution in [0.25, 0.3) is 0 Å². The van der Waals surface area contributed by atoms with E-state index in [0.717, 1.165) is 52.0 Å². The van der Waals surface area contributed by atoms with Crippen LogP contribution in [0.1, 0.15) is 46.0 Å². The predicted molar refractivity (Wildman–Crippen MR) is 65.3 cm³/mol. The number of amides is 1. The van der Waals surface area contributed by atoms with Gasteiger partial charge in [-0.25, -0.2) is 0 Å². The van der Waals surface area contributed by atoms with Crippen LogP contribution in [0.3, 0.4) is 0 Å². The molecule has 0 bridgehead atoms. The molecule has 1 aliphatic rings. The summed E-state index contributed by atoms with van der Waals surface area (Å²) < 4.78 is 5.11. The monoisotopic (exact) mass is 227 g/mol. The van der Waals surface area contributed by atoms with Gasteiger partial charge < -0.3 is 9.64 Å². The number of carbonyl (C=O) groups excluding carboxylic acids is 1. The van der Waals surface area contributed by atoms with Crippen molar-refractivity contribution in [2.24, 2.45) is 5.92 Å². The van der Waals surface area contributed by atoms with Crippen molar-refractivity contribution in [2.45, 2.75) is 46.0 Å². The highest BCUT2D eigenvalue weighted by molar-refractivity contribution is 5.76. The van der Waals surface area contributed by atoms with Crippen molar-refractivity contribution in [1.29, 1.82) is 0 Å². The average Bonchev–Trinajstić information content (AvgIpc) is 2.23. The van der Waals surface area contributed by atoms with E-state index in [0.29, 0.717) is 18.2 Å². The lowest BCUT2D eigenvalue weighted by molar-refractivity contribution is -0.136. The Kier molecular flexibility index (Phi) is 6.46. The Balaban J connectivity index is 2.29. The topological polar surface area (TPSA) is 29.5 Å². The summed E-state index contributed by atoms with van der Waals surface area (Å²) in [6.45, 7) is 7.76. The quantitative estimate of drug-likeness (QED) is 0.637. The van der Waals surface area contributed by atoms with Crippen molar-refractivity contribution in [2.75, 3.05) is 26.3 Å². The Morgan fingerprint density at radius 3 is 2.12 bits per heavy atom. The summed E-state index contributed by atoms with van der Waals surface area (Å²) >= 11 is 0. The van der Waals surface area contributed by atoms with Crippen LogP contribution >= 0.6 is 0 Å². The third-order valence-electron chi connectivity index (χ3n) is 3.09. The van der Waals surface area contributed by atoms with E-state index < -0.39 is 0 Å². The van der Waals surface area contributed by atoms with Crippen LogP contribution in [0.15, 0.2) is 0 Å². The lowest BCUT2D eigenvalue weighted by atomic mass is 10.0. The fourth-order valence-electron chi connectivity index (χ4n) is 1.84. The average molecular weight is 227 g/mol. The number of nitrogens with zero attached hydrogens (tertiary/aromatic N) is 1. The first-order chi connectivity index (χ1) is 7.77. The van der Waals surface area contributed by atoms with E-state index >= 15 is 0 Å². The molecule has 0 radical (unpaired) electrons. The third kappa shape index (κ3) is 4.52. The Morgan fingerprint density at radius 1 is 1.19 bits per heavy atom. The number of hydrogen-bond acceptors (Lipinski definition) is 2. The van der Waals surface area contributed by atoms with Crippen molar-refractivity contribution in [1.82, 2.24) is 4.90 Å². The summed E-state index contributed by atoms with van der Waals surface area (Å²) in [4.78, 5) is 14.1. The van der Waals surface area contributed by atoms with Crippen molar-refractivity contribution in [3.63, 3.8) is 0 Å². The van der Waals surface area contributed by atoms with E-state index in [2.05, 4.69) is 13.8 Å². The van der Waals surface area contributed by atoms with Crippen LogP contribution in [0, 0.1) is 5.92 Å². The molecule has 3 nitrogen and oxygen atoms in total. The highest BCUT2D eigenvalue weighted by Gasteiger charge is 2.24. The second-order valence-corrected chi connectivity index (χ2v) is 4.70. The van der Waals surface area contributed by atoms with Gasteiger partial charge in [0.25, 0.3) is 0 Å².